The van der Waals surface area contributed by atoms with Gasteiger partial charge in [0.25, 0.3) is 0 Å². The second-order valence-electron chi connectivity index (χ2n) is 4.31. The van der Waals surface area contributed by atoms with Crippen molar-refractivity contribution in [3.05, 3.63) is 60.2 Å². The molecule has 0 aliphatic heterocycles. The third kappa shape index (κ3) is 2.23. The average molecular weight is 267 g/mol. The van der Waals surface area contributed by atoms with Gasteiger partial charge in [-0.15, -0.1) is 0 Å². The largest absolute Gasteiger partial charge is 0.465 e. The van der Waals surface area contributed by atoms with Crippen molar-refractivity contribution in [1.82, 2.24) is 4.98 Å². The number of ether oxygens (including phenoxy) is 2. The van der Waals surface area contributed by atoms with E-state index in [1.165, 1.54) is 7.11 Å². The van der Waals surface area contributed by atoms with Crippen molar-refractivity contribution >= 4 is 16.9 Å². The Balaban J connectivity index is 2.00. The maximum Gasteiger partial charge on any atom is 0.338 e. The monoisotopic (exact) mass is 267 g/mol. The number of esters is 1. The molecule has 100 valence electrons. The average Bonchev–Trinajstić information content (AvgIpc) is 2.89. The molecule has 0 amide bonds. The van der Waals surface area contributed by atoms with Crippen LogP contribution in [0.2, 0.25) is 0 Å². The molecule has 0 unspecified atom stereocenters. The van der Waals surface area contributed by atoms with Crippen LogP contribution in [0.4, 0.5) is 0 Å². The number of fused-ring (bicyclic) bond motifs is 1. The number of hydrogen-bond acceptors (Lipinski definition) is 3. The Labute approximate surface area is 115 Å². The molecule has 1 N–H and O–H groups in total. The summed E-state index contributed by atoms with van der Waals surface area (Å²) in [6.45, 7) is 0. The van der Waals surface area contributed by atoms with Gasteiger partial charge in [-0.05, 0) is 24.3 Å². The van der Waals surface area contributed by atoms with Gasteiger partial charge in [0.2, 0.25) is 0 Å². The molecule has 0 bridgehead atoms. The van der Waals surface area contributed by atoms with E-state index in [2.05, 4.69) is 4.98 Å². The number of carbonyl (C=O) groups excluding carboxylic acids is 1. The van der Waals surface area contributed by atoms with Crippen molar-refractivity contribution in [2.75, 3.05) is 7.11 Å². The van der Waals surface area contributed by atoms with Crippen LogP contribution >= 0.6 is 0 Å². The van der Waals surface area contributed by atoms with Crippen LogP contribution in [-0.2, 0) is 4.74 Å². The zero-order valence-corrected chi connectivity index (χ0v) is 10.9. The van der Waals surface area contributed by atoms with E-state index in [-0.39, 0.29) is 5.97 Å². The Morgan fingerprint density at radius 1 is 1.05 bits per heavy atom. The standard InChI is InChI=1S/C16H13NO3/c1-19-16(18)12-8-5-9-14-13(12)10-15(17-14)20-11-6-3-2-4-7-11/h2-10,17H,1H3. The van der Waals surface area contributed by atoms with Crippen LogP contribution in [0.15, 0.2) is 54.6 Å². The Morgan fingerprint density at radius 3 is 2.60 bits per heavy atom. The zero-order valence-electron chi connectivity index (χ0n) is 10.9. The minimum Gasteiger partial charge on any atom is -0.465 e. The first-order valence-electron chi connectivity index (χ1n) is 6.21. The Hall–Kier alpha value is -2.75. The summed E-state index contributed by atoms with van der Waals surface area (Å²) in [4.78, 5) is 14.9. The third-order valence-corrected chi connectivity index (χ3v) is 3.02. The van der Waals surface area contributed by atoms with E-state index in [9.17, 15) is 4.79 Å². The minimum atomic E-state index is -0.360. The molecule has 0 aliphatic rings. The van der Waals surface area contributed by atoms with Gasteiger partial charge in [-0.2, -0.15) is 0 Å². The Kier molecular flexibility index (Phi) is 3.13. The lowest BCUT2D eigenvalue weighted by molar-refractivity contribution is 0.0603. The number of hydrogen-bond donors (Lipinski definition) is 1. The smallest absolute Gasteiger partial charge is 0.338 e. The first kappa shape index (κ1) is 12.3. The lowest BCUT2D eigenvalue weighted by Gasteiger charge is -2.01. The van der Waals surface area contributed by atoms with E-state index < -0.39 is 0 Å². The molecule has 0 fully saturated rings. The summed E-state index contributed by atoms with van der Waals surface area (Å²) in [5.74, 6) is 0.960. The van der Waals surface area contributed by atoms with E-state index in [1.54, 1.807) is 18.2 Å². The van der Waals surface area contributed by atoms with Gasteiger partial charge in [0, 0.05) is 17.0 Å². The van der Waals surface area contributed by atoms with Crippen molar-refractivity contribution < 1.29 is 14.3 Å². The number of H-pyrrole nitrogens is 1. The summed E-state index contributed by atoms with van der Waals surface area (Å²) in [5, 5.41) is 0.783. The summed E-state index contributed by atoms with van der Waals surface area (Å²) in [5.41, 5.74) is 1.35. The van der Waals surface area contributed by atoms with Gasteiger partial charge in [0.15, 0.2) is 5.88 Å². The van der Waals surface area contributed by atoms with Gasteiger partial charge in [-0.3, -0.25) is 0 Å². The highest BCUT2D eigenvalue weighted by Gasteiger charge is 2.12. The number of aromatic amines is 1. The second-order valence-corrected chi connectivity index (χ2v) is 4.31. The van der Waals surface area contributed by atoms with Crippen LogP contribution in [0.5, 0.6) is 11.6 Å². The van der Waals surface area contributed by atoms with E-state index in [4.69, 9.17) is 9.47 Å². The summed E-state index contributed by atoms with van der Waals surface area (Å²) in [7, 11) is 1.37. The van der Waals surface area contributed by atoms with E-state index in [0.717, 1.165) is 16.7 Å². The van der Waals surface area contributed by atoms with Crippen LogP contribution in [-0.4, -0.2) is 18.1 Å². The van der Waals surface area contributed by atoms with Crippen LogP contribution in [0, 0.1) is 0 Å². The molecule has 0 spiro atoms. The fourth-order valence-electron chi connectivity index (χ4n) is 2.09. The molecule has 20 heavy (non-hydrogen) atoms. The molecule has 4 heteroatoms. The molecule has 1 heterocycles. The highest BCUT2D eigenvalue weighted by atomic mass is 16.5. The number of benzene rings is 2. The van der Waals surface area contributed by atoms with Gasteiger partial charge >= 0.3 is 5.97 Å². The fourth-order valence-corrected chi connectivity index (χ4v) is 2.09. The summed E-state index contributed by atoms with van der Waals surface area (Å²) in [6, 6.07) is 16.7. The van der Waals surface area contributed by atoms with Crippen LogP contribution in [0.25, 0.3) is 10.9 Å². The van der Waals surface area contributed by atoms with Crippen molar-refractivity contribution in [3.63, 3.8) is 0 Å². The van der Waals surface area contributed by atoms with Crippen molar-refractivity contribution in [2.45, 2.75) is 0 Å². The second kappa shape index (κ2) is 5.09. The van der Waals surface area contributed by atoms with Gasteiger partial charge in [0.05, 0.1) is 12.7 Å². The molecule has 2 aromatic carbocycles. The predicted octanol–water partition coefficient (Wildman–Crippen LogP) is 3.75. The summed E-state index contributed by atoms with van der Waals surface area (Å²) >= 11 is 0. The first-order valence-corrected chi connectivity index (χ1v) is 6.21. The molecule has 3 aromatic rings. The van der Waals surface area contributed by atoms with Crippen LogP contribution in [0.1, 0.15) is 10.4 Å². The SMILES string of the molecule is COC(=O)c1cccc2[nH]c(Oc3ccccc3)cc12. The zero-order chi connectivity index (χ0) is 13.9. The molecule has 3 rings (SSSR count). The predicted molar refractivity (Wildman–Crippen MR) is 76.2 cm³/mol. The van der Waals surface area contributed by atoms with Gasteiger partial charge in [-0.1, -0.05) is 24.3 Å². The minimum absolute atomic E-state index is 0.360. The first-order chi connectivity index (χ1) is 9.78. The highest BCUT2D eigenvalue weighted by molar-refractivity contribution is 6.04. The molecule has 4 nitrogen and oxygen atoms in total. The maximum absolute atomic E-state index is 11.7. The molecular formula is C16H13NO3. The van der Waals surface area contributed by atoms with Crippen molar-refractivity contribution in [3.8, 4) is 11.6 Å². The van der Waals surface area contributed by atoms with Crippen molar-refractivity contribution in [1.29, 1.82) is 0 Å². The van der Waals surface area contributed by atoms with Crippen molar-refractivity contribution in [2.24, 2.45) is 0 Å². The number of methoxy groups -OCH3 is 1. The lowest BCUT2D eigenvalue weighted by atomic mass is 10.1. The molecule has 1 aromatic heterocycles. The van der Waals surface area contributed by atoms with Gasteiger partial charge in [0.1, 0.15) is 5.75 Å². The number of aromatic nitrogens is 1. The summed E-state index contributed by atoms with van der Waals surface area (Å²) < 4.78 is 10.5. The topological polar surface area (TPSA) is 51.3 Å². The number of nitrogens with one attached hydrogen (secondary N) is 1. The fraction of sp³-hybridized carbons (Fsp3) is 0.0625. The van der Waals surface area contributed by atoms with E-state index in [0.29, 0.717) is 11.4 Å². The number of carbonyl (C=O) groups is 1. The lowest BCUT2D eigenvalue weighted by Crippen LogP contribution is -2.00. The number of para-hydroxylation sites is 1. The molecular weight excluding hydrogens is 254 g/mol. The van der Waals surface area contributed by atoms with E-state index in [1.807, 2.05) is 36.4 Å². The summed E-state index contributed by atoms with van der Waals surface area (Å²) in [6.07, 6.45) is 0. The Bertz CT molecular complexity index is 747. The number of rotatable bonds is 3. The van der Waals surface area contributed by atoms with E-state index >= 15 is 0 Å². The molecule has 0 aliphatic carbocycles. The molecule has 0 radical (unpaired) electrons. The Morgan fingerprint density at radius 2 is 1.85 bits per heavy atom. The molecule has 0 atom stereocenters. The normalized spacial score (nSPS) is 10.4. The van der Waals surface area contributed by atoms with Gasteiger partial charge < -0.3 is 14.5 Å². The third-order valence-electron chi connectivity index (χ3n) is 3.02. The van der Waals surface area contributed by atoms with Gasteiger partial charge in [-0.25, -0.2) is 4.79 Å². The van der Waals surface area contributed by atoms with Crippen LogP contribution < -0.4 is 4.74 Å². The highest BCUT2D eigenvalue weighted by Crippen LogP contribution is 2.27. The molecule has 0 saturated carbocycles. The quantitative estimate of drug-likeness (QED) is 0.735. The maximum atomic E-state index is 11.7. The molecule has 0 saturated heterocycles. The van der Waals surface area contributed by atoms with Crippen LogP contribution in [0.3, 0.4) is 0 Å².